The van der Waals surface area contributed by atoms with Gasteiger partial charge in [0.25, 0.3) is 0 Å². The van der Waals surface area contributed by atoms with Crippen LogP contribution in [-0.2, 0) is 4.74 Å². The Morgan fingerprint density at radius 3 is 2.45 bits per heavy atom. The topological polar surface area (TPSA) is 21.6 Å². The van der Waals surface area contributed by atoms with Gasteiger partial charge in [-0.1, -0.05) is 20.8 Å². The van der Waals surface area contributed by atoms with Gasteiger partial charge in [-0.25, -0.2) is 0 Å². The van der Waals surface area contributed by atoms with E-state index in [-0.39, 0.29) is 0 Å². The fourth-order valence-corrected chi connectivity index (χ4v) is 1.15. The van der Waals surface area contributed by atoms with Crippen molar-refractivity contribution >= 4 is 6.40 Å². The van der Waals surface area contributed by atoms with Crippen molar-refractivity contribution in [1.82, 2.24) is 0 Å². The largest absolute Gasteiger partial charge is 0.483 e. The summed E-state index contributed by atoms with van der Waals surface area (Å²) in [5.41, 5.74) is 0. The SMILES string of the molecule is CN=COCC(C)CC(C)C. The van der Waals surface area contributed by atoms with Crippen molar-refractivity contribution < 1.29 is 4.74 Å². The number of ether oxygens (including phenoxy) is 1. The van der Waals surface area contributed by atoms with Gasteiger partial charge in [0.1, 0.15) is 0 Å². The van der Waals surface area contributed by atoms with Crippen molar-refractivity contribution in [2.75, 3.05) is 13.7 Å². The van der Waals surface area contributed by atoms with Crippen LogP contribution >= 0.6 is 0 Å². The maximum Gasteiger partial charge on any atom is 0.169 e. The van der Waals surface area contributed by atoms with Gasteiger partial charge in [0.15, 0.2) is 6.40 Å². The number of hydrogen-bond donors (Lipinski definition) is 0. The minimum Gasteiger partial charge on any atom is -0.483 e. The van der Waals surface area contributed by atoms with E-state index in [1.54, 1.807) is 7.05 Å². The zero-order valence-electron chi connectivity index (χ0n) is 8.00. The van der Waals surface area contributed by atoms with Crippen LogP contribution in [0.2, 0.25) is 0 Å². The first-order valence-corrected chi connectivity index (χ1v) is 4.19. The van der Waals surface area contributed by atoms with Gasteiger partial charge in [-0.15, -0.1) is 0 Å². The van der Waals surface area contributed by atoms with E-state index in [1.165, 1.54) is 12.8 Å². The van der Waals surface area contributed by atoms with Gasteiger partial charge in [-0.2, -0.15) is 0 Å². The molecule has 0 fully saturated rings. The van der Waals surface area contributed by atoms with E-state index in [9.17, 15) is 0 Å². The summed E-state index contributed by atoms with van der Waals surface area (Å²) in [5.74, 6) is 1.39. The summed E-state index contributed by atoms with van der Waals surface area (Å²) in [6.45, 7) is 7.44. The molecule has 0 aliphatic rings. The molecule has 0 heterocycles. The smallest absolute Gasteiger partial charge is 0.169 e. The summed E-state index contributed by atoms with van der Waals surface area (Å²) >= 11 is 0. The molecule has 11 heavy (non-hydrogen) atoms. The van der Waals surface area contributed by atoms with Crippen LogP contribution in [-0.4, -0.2) is 20.1 Å². The summed E-state index contributed by atoms with van der Waals surface area (Å²) in [5, 5.41) is 0. The lowest BCUT2D eigenvalue weighted by molar-refractivity contribution is 0.238. The molecule has 0 amide bonds. The van der Waals surface area contributed by atoms with Crippen molar-refractivity contribution in [3.05, 3.63) is 0 Å². The van der Waals surface area contributed by atoms with Crippen LogP contribution in [0.3, 0.4) is 0 Å². The normalized spacial score (nSPS) is 14.3. The van der Waals surface area contributed by atoms with Gasteiger partial charge >= 0.3 is 0 Å². The minimum atomic E-state index is 0.632. The van der Waals surface area contributed by atoms with E-state index >= 15 is 0 Å². The van der Waals surface area contributed by atoms with E-state index in [0.717, 1.165) is 12.5 Å². The molecular weight excluding hydrogens is 138 g/mol. The minimum absolute atomic E-state index is 0.632. The quantitative estimate of drug-likeness (QED) is 0.443. The Morgan fingerprint density at radius 2 is 2.00 bits per heavy atom. The molecule has 0 N–H and O–H groups in total. The average Bonchev–Trinajstić information content (AvgIpc) is 1.86. The maximum atomic E-state index is 5.15. The lowest BCUT2D eigenvalue weighted by Crippen LogP contribution is -2.07. The van der Waals surface area contributed by atoms with Crippen LogP contribution in [0.4, 0.5) is 0 Å². The first-order chi connectivity index (χ1) is 5.16. The highest BCUT2D eigenvalue weighted by molar-refractivity contribution is 5.45. The molecule has 66 valence electrons. The molecule has 1 atom stereocenters. The third-order valence-electron chi connectivity index (χ3n) is 1.43. The van der Waals surface area contributed by atoms with Crippen molar-refractivity contribution in [3.63, 3.8) is 0 Å². The van der Waals surface area contributed by atoms with Crippen LogP contribution in [0, 0.1) is 11.8 Å². The van der Waals surface area contributed by atoms with Gasteiger partial charge in [0.05, 0.1) is 6.61 Å². The predicted octanol–water partition coefficient (Wildman–Crippen LogP) is 2.34. The standard InChI is InChI=1S/C9H19NO/c1-8(2)5-9(3)6-11-7-10-4/h7-9H,5-6H2,1-4H3. The molecule has 0 rings (SSSR count). The van der Waals surface area contributed by atoms with Gasteiger partial charge in [-0.05, 0) is 18.3 Å². The second-order valence-electron chi connectivity index (χ2n) is 3.43. The molecule has 0 aliphatic carbocycles. The lowest BCUT2D eigenvalue weighted by atomic mass is 10.00. The van der Waals surface area contributed by atoms with Crippen molar-refractivity contribution in [2.45, 2.75) is 27.2 Å². The first-order valence-electron chi connectivity index (χ1n) is 4.19. The van der Waals surface area contributed by atoms with Crippen LogP contribution in [0.1, 0.15) is 27.2 Å². The molecule has 0 saturated carbocycles. The second kappa shape index (κ2) is 6.20. The molecule has 0 aromatic carbocycles. The highest BCUT2D eigenvalue weighted by atomic mass is 16.5. The Balaban J connectivity index is 3.29. The van der Waals surface area contributed by atoms with Crippen molar-refractivity contribution in [1.29, 1.82) is 0 Å². The van der Waals surface area contributed by atoms with E-state index in [2.05, 4.69) is 25.8 Å². The lowest BCUT2D eigenvalue weighted by Gasteiger charge is -2.12. The molecule has 0 aromatic heterocycles. The van der Waals surface area contributed by atoms with Gasteiger partial charge < -0.3 is 4.74 Å². The third-order valence-corrected chi connectivity index (χ3v) is 1.43. The predicted molar refractivity (Wildman–Crippen MR) is 49.0 cm³/mol. The molecule has 0 saturated heterocycles. The molecule has 0 bridgehead atoms. The highest BCUT2D eigenvalue weighted by Gasteiger charge is 2.03. The molecular formula is C9H19NO. The average molecular weight is 157 g/mol. The summed E-state index contributed by atoms with van der Waals surface area (Å²) in [6, 6.07) is 0. The molecule has 0 aliphatic heterocycles. The zero-order valence-corrected chi connectivity index (χ0v) is 8.00. The van der Waals surface area contributed by atoms with E-state index in [1.807, 2.05) is 0 Å². The molecule has 0 spiro atoms. The monoisotopic (exact) mass is 157 g/mol. The maximum absolute atomic E-state index is 5.15. The van der Waals surface area contributed by atoms with Gasteiger partial charge in [-0.3, -0.25) is 4.99 Å². The fourth-order valence-electron chi connectivity index (χ4n) is 1.15. The molecule has 2 heteroatoms. The number of rotatable bonds is 5. The van der Waals surface area contributed by atoms with Crippen LogP contribution < -0.4 is 0 Å². The van der Waals surface area contributed by atoms with Gasteiger partial charge in [0, 0.05) is 7.05 Å². The Labute approximate surface area is 69.7 Å². The van der Waals surface area contributed by atoms with E-state index in [4.69, 9.17) is 4.74 Å². The number of aliphatic imine (C=N–C) groups is 1. The van der Waals surface area contributed by atoms with Gasteiger partial charge in [0.2, 0.25) is 0 Å². The zero-order chi connectivity index (χ0) is 8.69. The summed E-state index contributed by atoms with van der Waals surface area (Å²) in [6.07, 6.45) is 2.73. The molecule has 0 aromatic rings. The number of nitrogens with zero attached hydrogens (tertiary/aromatic N) is 1. The fraction of sp³-hybridized carbons (Fsp3) is 0.889. The van der Waals surface area contributed by atoms with Crippen LogP contribution in [0.25, 0.3) is 0 Å². The molecule has 0 radical (unpaired) electrons. The third kappa shape index (κ3) is 7.37. The Hall–Kier alpha value is -0.530. The van der Waals surface area contributed by atoms with E-state index < -0.39 is 0 Å². The van der Waals surface area contributed by atoms with Crippen LogP contribution in [0.5, 0.6) is 0 Å². The second-order valence-corrected chi connectivity index (χ2v) is 3.43. The summed E-state index contributed by atoms with van der Waals surface area (Å²) in [7, 11) is 1.72. The summed E-state index contributed by atoms with van der Waals surface area (Å²) < 4.78 is 5.15. The van der Waals surface area contributed by atoms with E-state index in [0.29, 0.717) is 5.92 Å². The summed E-state index contributed by atoms with van der Waals surface area (Å²) in [4.78, 5) is 3.74. The number of hydrogen-bond acceptors (Lipinski definition) is 2. The molecule has 1 unspecified atom stereocenters. The Bertz CT molecular complexity index is 110. The van der Waals surface area contributed by atoms with Crippen molar-refractivity contribution in [3.8, 4) is 0 Å². The molecule has 2 nitrogen and oxygen atoms in total. The highest BCUT2D eigenvalue weighted by Crippen LogP contribution is 2.10. The first kappa shape index (κ1) is 10.5. The van der Waals surface area contributed by atoms with Crippen LogP contribution in [0.15, 0.2) is 4.99 Å². The van der Waals surface area contributed by atoms with Crippen molar-refractivity contribution in [2.24, 2.45) is 16.8 Å². The Morgan fingerprint density at radius 1 is 1.36 bits per heavy atom. The Kier molecular flexibility index (Phi) is 5.90.